The molecule has 1 atom stereocenters. The second-order valence-electron chi connectivity index (χ2n) is 7.27. The summed E-state index contributed by atoms with van der Waals surface area (Å²) in [6.07, 6.45) is 2.06. The molecule has 1 aromatic carbocycles. The molecule has 132 valence electrons. The van der Waals surface area contributed by atoms with Crippen molar-refractivity contribution in [2.24, 2.45) is 5.41 Å². The van der Waals surface area contributed by atoms with E-state index in [4.69, 9.17) is 4.74 Å². The molecule has 0 bridgehead atoms. The van der Waals surface area contributed by atoms with Crippen molar-refractivity contribution in [2.45, 2.75) is 39.4 Å². The van der Waals surface area contributed by atoms with Gasteiger partial charge < -0.3 is 14.5 Å². The van der Waals surface area contributed by atoms with E-state index in [0.29, 0.717) is 18.7 Å². The maximum Gasteiger partial charge on any atom is 0.229 e. The van der Waals surface area contributed by atoms with Crippen LogP contribution in [0.5, 0.6) is 0 Å². The second kappa shape index (κ2) is 7.19. The Morgan fingerprint density at radius 1 is 1.38 bits per heavy atom. The lowest BCUT2D eigenvalue weighted by atomic mass is 9.79. The van der Waals surface area contributed by atoms with E-state index in [1.54, 1.807) is 12.1 Å². The lowest BCUT2D eigenvalue weighted by Gasteiger charge is -2.46. The molecule has 2 heterocycles. The van der Waals surface area contributed by atoms with Crippen LogP contribution in [0.2, 0.25) is 0 Å². The number of ether oxygens (including phenoxy) is 1. The molecule has 4 nitrogen and oxygen atoms in total. The van der Waals surface area contributed by atoms with Gasteiger partial charge in [0.1, 0.15) is 5.82 Å². The largest absolute Gasteiger partial charge is 0.370 e. The van der Waals surface area contributed by atoms with Gasteiger partial charge in [-0.3, -0.25) is 4.79 Å². The van der Waals surface area contributed by atoms with Crippen molar-refractivity contribution in [3.63, 3.8) is 0 Å². The monoisotopic (exact) mass is 334 g/mol. The fraction of sp³-hybridized carbons (Fsp3) is 0.632. The number of likely N-dealkylation sites (tertiary alicyclic amines) is 2. The SMILES string of the molecule is CCN1CCC[C@@](C)(C(=O)N2CC(OCc3ccccc3F)C2)C1. The minimum Gasteiger partial charge on any atom is -0.370 e. The first-order valence-corrected chi connectivity index (χ1v) is 8.88. The van der Waals surface area contributed by atoms with Gasteiger partial charge in [-0.2, -0.15) is 0 Å². The molecule has 2 fully saturated rings. The molecule has 3 rings (SSSR count). The summed E-state index contributed by atoms with van der Waals surface area (Å²) in [5.74, 6) is 0.00511. The summed E-state index contributed by atoms with van der Waals surface area (Å²) in [6.45, 7) is 8.67. The maximum atomic E-state index is 13.6. The molecule has 2 saturated heterocycles. The molecule has 0 unspecified atom stereocenters. The van der Waals surface area contributed by atoms with Crippen LogP contribution < -0.4 is 0 Å². The Labute approximate surface area is 143 Å². The molecule has 0 aromatic heterocycles. The summed E-state index contributed by atoms with van der Waals surface area (Å²) in [4.78, 5) is 17.1. The van der Waals surface area contributed by atoms with Gasteiger partial charge in [-0.25, -0.2) is 4.39 Å². The molecule has 5 heteroatoms. The Balaban J connectivity index is 1.47. The molecule has 0 spiro atoms. The van der Waals surface area contributed by atoms with Crippen LogP contribution in [0.15, 0.2) is 24.3 Å². The summed E-state index contributed by atoms with van der Waals surface area (Å²) in [5.41, 5.74) is 0.296. The van der Waals surface area contributed by atoms with Crippen LogP contribution in [-0.4, -0.2) is 54.5 Å². The van der Waals surface area contributed by atoms with Crippen LogP contribution in [0.25, 0.3) is 0 Å². The molecular weight excluding hydrogens is 307 g/mol. The Morgan fingerprint density at radius 2 is 2.12 bits per heavy atom. The van der Waals surface area contributed by atoms with Crippen LogP contribution in [-0.2, 0) is 16.1 Å². The van der Waals surface area contributed by atoms with Crippen LogP contribution in [0.3, 0.4) is 0 Å². The lowest BCUT2D eigenvalue weighted by molar-refractivity contribution is -0.159. The van der Waals surface area contributed by atoms with Gasteiger partial charge in [0, 0.05) is 25.2 Å². The van der Waals surface area contributed by atoms with E-state index in [2.05, 4.69) is 18.7 Å². The summed E-state index contributed by atoms with van der Waals surface area (Å²) in [6, 6.07) is 6.66. The summed E-state index contributed by atoms with van der Waals surface area (Å²) in [7, 11) is 0. The first kappa shape index (κ1) is 17.4. The highest BCUT2D eigenvalue weighted by atomic mass is 19.1. The van der Waals surface area contributed by atoms with Crippen molar-refractivity contribution in [3.8, 4) is 0 Å². The highest BCUT2D eigenvalue weighted by Crippen LogP contribution is 2.33. The topological polar surface area (TPSA) is 32.8 Å². The van der Waals surface area contributed by atoms with Gasteiger partial charge in [-0.05, 0) is 38.9 Å². The summed E-state index contributed by atoms with van der Waals surface area (Å²) < 4.78 is 19.3. The number of rotatable bonds is 5. The fourth-order valence-corrected chi connectivity index (χ4v) is 3.70. The third kappa shape index (κ3) is 3.62. The van der Waals surface area contributed by atoms with Gasteiger partial charge in [0.15, 0.2) is 0 Å². The highest BCUT2D eigenvalue weighted by Gasteiger charge is 2.43. The highest BCUT2D eigenvalue weighted by molar-refractivity contribution is 5.83. The predicted octanol–water partition coefficient (Wildman–Crippen LogP) is 2.68. The van der Waals surface area contributed by atoms with E-state index in [-0.39, 0.29) is 29.9 Å². The van der Waals surface area contributed by atoms with Gasteiger partial charge in [-0.1, -0.05) is 25.1 Å². The Morgan fingerprint density at radius 3 is 2.83 bits per heavy atom. The number of carbonyl (C=O) groups excluding carboxylic acids is 1. The zero-order valence-electron chi connectivity index (χ0n) is 14.6. The molecule has 0 aliphatic carbocycles. The average molecular weight is 334 g/mol. The zero-order valence-corrected chi connectivity index (χ0v) is 14.6. The summed E-state index contributed by atoms with van der Waals surface area (Å²) in [5, 5.41) is 0. The van der Waals surface area contributed by atoms with Gasteiger partial charge in [-0.15, -0.1) is 0 Å². The van der Waals surface area contributed by atoms with Crippen molar-refractivity contribution < 1.29 is 13.9 Å². The number of benzene rings is 1. The van der Waals surface area contributed by atoms with E-state index < -0.39 is 0 Å². The van der Waals surface area contributed by atoms with E-state index in [0.717, 1.165) is 32.5 Å². The molecular formula is C19H27FN2O2. The number of hydrogen-bond acceptors (Lipinski definition) is 3. The van der Waals surface area contributed by atoms with Crippen molar-refractivity contribution in [2.75, 3.05) is 32.7 Å². The first-order valence-electron chi connectivity index (χ1n) is 8.88. The molecule has 2 aliphatic heterocycles. The van der Waals surface area contributed by atoms with Gasteiger partial charge in [0.2, 0.25) is 5.91 Å². The van der Waals surface area contributed by atoms with E-state index >= 15 is 0 Å². The number of halogens is 1. The summed E-state index contributed by atoms with van der Waals surface area (Å²) >= 11 is 0. The van der Waals surface area contributed by atoms with E-state index in [9.17, 15) is 9.18 Å². The van der Waals surface area contributed by atoms with Crippen molar-refractivity contribution >= 4 is 5.91 Å². The van der Waals surface area contributed by atoms with Crippen LogP contribution in [0.1, 0.15) is 32.3 Å². The number of piperidine rings is 1. The third-order valence-corrected chi connectivity index (χ3v) is 5.31. The molecule has 1 amide bonds. The second-order valence-corrected chi connectivity index (χ2v) is 7.27. The third-order valence-electron chi connectivity index (χ3n) is 5.31. The van der Waals surface area contributed by atoms with Crippen molar-refractivity contribution in [1.29, 1.82) is 0 Å². The first-order chi connectivity index (χ1) is 11.5. The van der Waals surface area contributed by atoms with Crippen molar-refractivity contribution in [3.05, 3.63) is 35.6 Å². The molecule has 0 N–H and O–H groups in total. The number of nitrogens with zero attached hydrogens (tertiary/aromatic N) is 2. The van der Waals surface area contributed by atoms with Crippen LogP contribution >= 0.6 is 0 Å². The fourth-order valence-electron chi connectivity index (χ4n) is 3.70. The molecule has 0 saturated carbocycles. The average Bonchev–Trinajstić information content (AvgIpc) is 2.54. The number of amides is 1. The Bertz CT molecular complexity index is 588. The minimum atomic E-state index is -0.273. The minimum absolute atomic E-state index is 0.0167. The number of carbonyl (C=O) groups is 1. The standard InChI is InChI=1S/C19H27FN2O2/c1-3-21-10-6-9-19(2,14-21)18(23)22-11-16(12-22)24-13-15-7-4-5-8-17(15)20/h4-5,7-8,16H,3,6,9-14H2,1-2H3/t19-/m1/s1. The van der Waals surface area contributed by atoms with E-state index in [1.165, 1.54) is 6.07 Å². The lowest BCUT2D eigenvalue weighted by Crippen LogP contribution is -2.60. The molecule has 24 heavy (non-hydrogen) atoms. The van der Waals surface area contributed by atoms with Gasteiger partial charge >= 0.3 is 0 Å². The molecule has 1 aromatic rings. The van der Waals surface area contributed by atoms with E-state index in [1.807, 2.05) is 11.0 Å². The van der Waals surface area contributed by atoms with Gasteiger partial charge in [0.25, 0.3) is 0 Å². The Hall–Kier alpha value is -1.46. The number of hydrogen-bond donors (Lipinski definition) is 0. The Kier molecular flexibility index (Phi) is 5.21. The van der Waals surface area contributed by atoms with Crippen molar-refractivity contribution in [1.82, 2.24) is 9.80 Å². The van der Waals surface area contributed by atoms with Crippen LogP contribution in [0.4, 0.5) is 4.39 Å². The quantitative estimate of drug-likeness (QED) is 0.830. The molecule has 0 radical (unpaired) electrons. The smallest absolute Gasteiger partial charge is 0.229 e. The molecule has 2 aliphatic rings. The zero-order chi connectivity index (χ0) is 17.2. The van der Waals surface area contributed by atoms with Crippen LogP contribution in [0, 0.1) is 11.2 Å². The normalized spacial score (nSPS) is 25.5. The predicted molar refractivity (Wildman–Crippen MR) is 91.0 cm³/mol. The maximum absolute atomic E-state index is 13.6. The van der Waals surface area contributed by atoms with Gasteiger partial charge in [0.05, 0.1) is 18.1 Å².